The van der Waals surface area contributed by atoms with Crippen LogP contribution < -0.4 is 0 Å². The second-order valence-corrected chi connectivity index (χ2v) is 12.2. The number of carboxylic acid groups (broad SMARTS) is 2. The Morgan fingerprint density at radius 1 is 0.583 bits per heavy atom. The van der Waals surface area contributed by atoms with Crippen molar-refractivity contribution < 1.29 is 33.4 Å². The van der Waals surface area contributed by atoms with Crippen molar-refractivity contribution in [3.05, 3.63) is 0 Å². The third kappa shape index (κ3) is 20.2. The summed E-state index contributed by atoms with van der Waals surface area (Å²) in [5, 5.41) is 18.6. The van der Waals surface area contributed by atoms with Gasteiger partial charge in [0.2, 0.25) is 0 Å². The summed E-state index contributed by atoms with van der Waals surface area (Å²) in [5.74, 6) is -2.78. The van der Waals surface area contributed by atoms with Crippen molar-refractivity contribution in [2.24, 2.45) is 0 Å². The summed E-state index contributed by atoms with van der Waals surface area (Å²) < 4.78 is 24.3. The van der Waals surface area contributed by atoms with Crippen molar-refractivity contribution >= 4 is 19.5 Å². The summed E-state index contributed by atoms with van der Waals surface area (Å²) in [6, 6.07) is 0. The molecule has 0 aromatic heterocycles. The summed E-state index contributed by atoms with van der Waals surface area (Å²) >= 11 is 0. The van der Waals surface area contributed by atoms with Gasteiger partial charge in [-0.15, -0.1) is 0 Å². The number of hydrogen-bond acceptors (Lipinski definition) is 5. The van der Waals surface area contributed by atoms with Gasteiger partial charge in [-0.05, 0) is 12.8 Å². The number of aliphatic carboxylic acids is 2. The lowest BCUT2D eigenvalue weighted by atomic mass is 10.1. The number of carbonyl (C=O) groups is 2. The molecule has 0 saturated carbocycles. The highest BCUT2D eigenvalue weighted by molar-refractivity contribution is 7.55. The predicted molar refractivity (Wildman–Crippen MR) is 147 cm³/mol. The second-order valence-electron chi connectivity index (χ2n) is 10.0. The van der Waals surface area contributed by atoms with Gasteiger partial charge in [-0.1, -0.05) is 129 Å². The zero-order valence-corrected chi connectivity index (χ0v) is 24.1. The fourth-order valence-corrected chi connectivity index (χ4v) is 6.13. The van der Waals surface area contributed by atoms with Crippen LogP contribution in [0.2, 0.25) is 0 Å². The van der Waals surface area contributed by atoms with Gasteiger partial charge in [0.25, 0.3) is 0 Å². The zero-order chi connectivity index (χ0) is 26.9. The van der Waals surface area contributed by atoms with Crippen LogP contribution in [0.1, 0.15) is 149 Å². The van der Waals surface area contributed by atoms with Crippen LogP contribution in [-0.2, 0) is 23.2 Å². The largest absolute Gasteiger partial charge is 0.481 e. The average molecular weight is 535 g/mol. The fourth-order valence-electron chi connectivity index (χ4n) is 4.28. The zero-order valence-electron chi connectivity index (χ0n) is 23.2. The van der Waals surface area contributed by atoms with Crippen LogP contribution in [0.15, 0.2) is 0 Å². The number of hydrogen-bond donors (Lipinski definition) is 2. The molecule has 214 valence electrons. The molecule has 0 radical (unpaired) electrons. The van der Waals surface area contributed by atoms with E-state index in [0.29, 0.717) is 12.8 Å². The first-order valence-corrected chi connectivity index (χ1v) is 16.3. The van der Waals surface area contributed by atoms with E-state index < -0.39 is 31.6 Å². The van der Waals surface area contributed by atoms with Gasteiger partial charge < -0.3 is 19.3 Å². The molecule has 0 spiro atoms. The predicted octanol–water partition coefficient (Wildman–Crippen LogP) is 8.98. The molecule has 0 aliphatic carbocycles. The molecular formula is C28H55O7P. The first-order valence-electron chi connectivity index (χ1n) is 14.7. The van der Waals surface area contributed by atoms with E-state index in [1.54, 1.807) is 0 Å². The van der Waals surface area contributed by atoms with E-state index in [0.717, 1.165) is 38.5 Å². The Labute approximate surface area is 220 Å². The van der Waals surface area contributed by atoms with E-state index in [1.807, 2.05) is 0 Å². The molecule has 0 saturated heterocycles. The van der Waals surface area contributed by atoms with E-state index in [-0.39, 0.29) is 13.2 Å². The molecule has 0 heterocycles. The van der Waals surface area contributed by atoms with Gasteiger partial charge in [0.15, 0.2) is 5.66 Å². The summed E-state index contributed by atoms with van der Waals surface area (Å²) in [4.78, 5) is 22.9. The van der Waals surface area contributed by atoms with Crippen molar-refractivity contribution in [3.8, 4) is 0 Å². The van der Waals surface area contributed by atoms with Gasteiger partial charge in [-0.2, -0.15) is 0 Å². The Bertz CT molecular complexity index is 552. The quantitative estimate of drug-likeness (QED) is 0.0761. The molecule has 0 aromatic rings. The van der Waals surface area contributed by atoms with Crippen LogP contribution in [0.3, 0.4) is 0 Å². The molecule has 0 aliphatic heterocycles. The summed E-state index contributed by atoms with van der Waals surface area (Å²) in [6.07, 6.45) is 22.0. The van der Waals surface area contributed by atoms with Gasteiger partial charge >= 0.3 is 19.5 Å². The van der Waals surface area contributed by atoms with E-state index in [9.17, 15) is 19.3 Å². The number of rotatable bonds is 28. The molecular weight excluding hydrogens is 479 g/mol. The molecule has 7 nitrogen and oxygen atoms in total. The molecule has 8 heteroatoms. The Hall–Kier alpha value is -0.910. The van der Waals surface area contributed by atoms with Gasteiger partial charge in [0.05, 0.1) is 19.6 Å². The smallest absolute Gasteiger partial charge is 0.345 e. The maximum Gasteiger partial charge on any atom is 0.345 e. The monoisotopic (exact) mass is 534 g/mol. The lowest BCUT2D eigenvalue weighted by Gasteiger charge is -2.23. The topological polar surface area (TPSA) is 110 Å². The minimum Gasteiger partial charge on any atom is -0.481 e. The lowest BCUT2D eigenvalue weighted by Crippen LogP contribution is -2.26. The van der Waals surface area contributed by atoms with Gasteiger partial charge in [-0.25, -0.2) is 0 Å². The molecule has 36 heavy (non-hydrogen) atoms. The van der Waals surface area contributed by atoms with Crippen LogP contribution in [0.5, 0.6) is 0 Å². The first kappa shape index (κ1) is 35.1. The Morgan fingerprint density at radius 3 is 1.17 bits per heavy atom. The SMILES string of the molecule is CCCCCCCCCCCCOP(=O)(OCCCCCCCCCCCC)C(CC(=O)O)C(=O)O. The standard InChI is InChI=1S/C28H55O7P/c1-3-5-7-9-11-13-15-17-19-21-23-34-36(33,26(28(31)32)25-27(29)30)35-24-22-20-18-16-14-12-10-8-6-4-2/h26H,3-25H2,1-2H3,(H,29,30)(H,31,32). The molecule has 2 N–H and O–H groups in total. The van der Waals surface area contributed by atoms with Gasteiger partial charge in [0, 0.05) is 0 Å². The van der Waals surface area contributed by atoms with Crippen molar-refractivity contribution in [3.63, 3.8) is 0 Å². The molecule has 1 unspecified atom stereocenters. The first-order chi connectivity index (χ1) is 17.4. The molecule has 0 amide bonds. The molecule has 1 atom stereocenters. The van der Waals surface area contributed by atoms with Gasteiger partial charge in [0.1, 0.15) is 0 Å². The highest BCUT2D eigenvalue weighted by Crippen LogP contribution is 2.54. The fraction of sp³-hybridized carbons (Fsp3) is 0.929. The molecule has 0 rings (SSSR count). The Balaban J connectivity index is 4.31. The maximum atomic E-state index is 13.3. The lowest BCUT2D eigenvalue weighted by molar-refractivity contribution is -0.143. The van der Waals surface area contributed by atoms with E-state index >= 15 is 0 Å². The third-order valence-electron chi connectivity index (χ3n) is 6.57. The van der Waals surface area contributed by atoms with Crippen LogP contribution in [-0.4, -0.2) is 41.0 Å². The van der Waals surface area contributed by atoms with Crippen molar-refractivity contribution in [1.29, 1.82) is 0 Å². The van der Waals surface area contributed by atoms with Crippen LogP contribution in [0, 0.1) is 0 Å². The molecule has 0 aliphatic rings. The summed E-state index contributed by atoms with van der Waals surface area (Å²) in [6.45, 7) is 4.67. The summed E-state index contributed by atoms with van der Waals surface area (Å²) in [7, 11) is -4.07. The van der Waals surface area contributed by atoms with Crippen molar-refractivity contribution in [1.82, 2.24) is 0 Å². The highest BCUT2D eigenvalue weighted by atomic mass is 31.2. The maximum absolute atomic E-state index is 13.3. The Morgan fingerprint density at radius 2 is 0.889 bits per heavy atom. The van der Waals surface area contributed by atoms with E-state index in [4.69, 9.17) is 14.2 Å². The average Bonchev–Trinajstić information content (AvgIpc) is 2.84. The van der Waals surface area contributed by atoms with E-state index in [2.05, 4.69) is 13.8 Å². The molecule has 0 bridgehead atoms. The van der Waals surface area contributed by atoms with Crippen molar-refractivity contribution in [2.45, 2.75) is 154 Å². The third-order valence-corrected chi connectivity index (χ3v) is 8.82. The molecule has 0 fully saturated rings. The summed E-state index contributed by atoms with van der Waals surface area (Å²) in [5.41, 5.74) is -1.68. The van der Waals surface area contributed by atoms with E-state index in [1.165, 1.54) is 77.0 Å². The minimum atomic E-state index is -4.07. The number of carboxylic acids is 2. The normalized spacial score (nSPS) is 12.6. The minimum absolute atomic E-state index is 0.120. The highest BCUT2D eigenvalue weighted by Gasteiger charge is 2.43. The number of unbranched alkanes of at least 4 members (excludes halogenated alkanes) is 18. The Kier molecular flexibility index (Phi) is 23.8. The van der Waals surface area contributed by atoms with Crippen LogP contribution in [0.25, 0.3) is 0 Å². The van der Waals surface area contributed by atoms with Crippen LogP contribution >= 0.6 is 7.60 Å². The van der Waals surface area contributed by atoms with Crippen LogP contribution in [0.4, 0.5) is 0 Å². The van der Waals surface area contributed by atoms with Crippen molar-refractivity contribution in [2.75, 3.05) is 13.2 Å². The molecule has 0 aromatic carbocycles. The second kappa shape index (κ2) is 24.4. The van der Waals surface area contributed by atoms with Gasteiger partial charge in [-0.3, -0.25) is 14.2 Å².